The van der Waals surface area contributed by atoms with Crippen molar-refractivity contribution in [2.45, 2.75) is 153 Å². The summed E-state index contributed by atoms with van der Waals surface area (Å²) in [5.74, 6) is -1.26. The Bertz CT molecular complexity index is 3770. The molecule has 0 unspecified atom stereocenters. The smallest absolute Gasteiger partial charge is 0.416 e. The normalized spacial score (nSPS) is 24.8. The van der Waals surface area contributed by atoms with Crippen LogP contribution in [0.15, 0.2) is 94.9 Å². The molecule has 2 N–H and O–H groups in total. The minimum atomic E-state index is -4.64. The maximum Gasteiger partial charge on any atom is 0.416 e. The number of nitrogens with zero attached hydrogens (tertiary/aromatic N) is 6. The Balaban J connectivity index is 0.000000221. The molecule has 0 atom stereocenters. The molecule has 2 saturated heterocycles. The van der Waals surface area contributed by atoms with E-state index >= 15 is 0 Å². The van der Waals surface area contributed by atoms with E-state index in [1.807, 2.05) is 44.2 Å². The molecule has 0 radical (unpaired) electrons. The summed E-state index contributed by atoms with van der Waals surface area (Å²) in [6.07, 6.45) is 6.06. The Morgan fingerprint density at radius 1 is 0.468 bits per heavy atom. The van der Waals surface area contributed by atoms with Crippen molar-refractivity contribution in [3.8, 4) is 11.5 Å². The first-order valence-electron chi connectivity index (χ1n) is 32.4. The number of halogens is 6. The highest BCUT2D eigenvalue weighted by molar-refractivity contribution is 7.89. The predicted molar refractivity (Wildman–Crippen MR) is 346 cm³/mol. The van der Waals surface area contributed by atoms with Crippen LogP contribution in [0, 0.1) is 13.8 Å². The second kappa shape index (κ2) is 30.3. The topological polar surface area (TPSA) is 217 Å². The summed E-state index contributed by atoms with van der Waals surface area (Å²) in [6.45, 7) is 5.61. The molecule has 10 aliphatic heterocycles. The molecule has 0 aliphatic carbocycles. The summed E-state index contributed by atoms with van der Waals surface area (Å²) in [7, 11) is -3.80. The quantitative estimate of drug-likeness (QED) is 0.125. The predicted octanol–water partition coefficient (Wildman–Crippen LogP) is 10.8. The SMILES string of the molecule is Cc1cc2ccc1CCS(=O)(=O)N1CCC3(CC1)N=C(NC3=O)c1cc(cc(C(F)(F)F)c1)OCCC=CCCCCCN(C)C2=O.Cc1cc2ccc1CCS(=O)(=O)N1CCC3(CC1)N=C(NC3=O)c1cc(cc(C(F)(F)F)c1)OCCCCCCCCCN(C)C2=O. The van der Waals surface area contributed by atoms with E-state index in [-0.39, 0.29) is 136 Å². The van der Waals surface area contributed by atoms with E-state index in [9.17, 15) is 62.4 Å². The first kappa shape index (κ1) is 71.1. The minimum Gasteiger partial charge on any atom is -0.494 e. The molecule has 0 aromatic heterocycles. The molecule has 94 heavy (non-hydrogen) atoms. The zero-order valence-electron chi connectivity index (χ0n) is 53.7. The van der Waals surface area contributed by atoms with Gasteiger partial charge >= 0.3 is 12.4 Å². The van der Waals surface area contributed by atoms with Gasteiger partial charge in [-0.2, -0.15) is 26.3 Å². The third-order valence-electron chi connectivity index (χ3n) is 18.5. The van der Waals surface area contributed by atoms with E-state index in [0.717, 1.165) is 111 Å². The number of rotatable bonds is 0. The lowest BCUT2D eigenvalue weighted by molar-refractivity contribution is -0.138. The van der Waals surface area contributed by atoms with E-state index in [1.165, 1.54) is 20.7 Å². The van der Waals surface area contributed by atoms with Crippen LogP contribution in [-0.2, 0) is 54.8 Å². The number of hydrogen-bond donors (Lipinski definition) is 2. The van der Waals surface area contributed by atoms with Gasteiger partial charge in [-0.1, -0.05) is 62.8 Å². The van der Waals surface area contributed by atoms with Crippen molar-refractivity contribution in [2.24, 2.45) is 9.98 Å². The van der Waals surface area contributed by atoms with Gasteiger partial charge in [0, 0.05) is 75.6 Å². The summed E-state index contributed by atoms with van der Waals surface area (Å²) in [5.41, 5.74) is 0.306. The van der Waals surface area contributed by atoms with Gasteiger partial charge in [0.25, 0.3) is 23.6 Å². The van der Waals surface area contributed by atoms with E-state index in [1.54, 1.807) is 42.1 Å². The number of aryl methyl sites for hydroxylation is 4. The molecule has 4 aromatic rings. The number of carbonyl (C=O) groups excluding carboxylic acids is 4. The summed E-state index contributed by atoms with van der Waals surface area (Å²) in [5, 5.41) is 5.30. The first-order chi connectivity index (χ1) is 44.5. The zero-order chi connectivity index (χ0) is 67.6. The highest BCUT2D eigenvalue weighted by atomic mass is 32.2. The lowest BCUT2D eigenvalue weighted by Gasteiger charge is -2.34. The second-order valence-electron chi connectivity index (χ2n) is 25.3. The molecule has 0 saturated carbocycles. The number of amidine groups is 2. The average Bonchev–Trinajstić information content (AvgIpc) is 1.60. The zero-order valence-corrected chi connectivity index (χ0v) is 55.4. The van der Waals surface area contributed by atoms with Crippen LogP contribution in [0.3, 0.4) is 0 Å². The highest BCUT2D eigenvalue weighted by Crippen LogP contribution is 2.39. The Kier molecular flexibility index (Phi) is 22.9. The molecule has 26 heteroatoms. The lowest BCUT2D eigenvalue weighted by atomic mass is 9.89. The number of alkyl halides is 6. The Morgan fingerprint density at radius 3 is 1.29 bits per heavy atom. The standard InChI is InChI=1S/C34H43F3N4O5S.C34H41F3N4O5S/c2*1-24-20-26-11-10-25(24)12-19-47(44,45)41-16-13-33(14-17-41)32(43)38-30(39-33)27-21-28(34(35,36)37)23-29(22-27)46-18-9-7-5-3-4-6-8-15-40(2)31(26)42/h10-11,20-23H,3-9,12-19H2,1-2H3,(H,38,39,43);5,7,10-11,20-23H,3-4,6,8-9,12-19H2,1-2H3,(H,38,39,43). The van der Waals surface area contributed by atoms with Crippen molar-refractivity contribution in [2.75, 3.05) is 78.1 Å². The molecule has 10 aliphatic rings. The van der Waals surface area contributed by atoms with Crippen molar-refractivity contribution >= 4 is 55.3 Å². The Morgan fingerprint density at radius 2 is 0.862 bits per heavy atom. The molecular weight excluding hydrogens is 1270 g/mol. The highest BCUT2D eigenvalue weighted by Gasteiger charge is 2.49. The molecular formula is C68H84F6N8O10S2. The fraction of sp³-hybridized carbons (Fsp3) is 0.529. The molecule has 14 rings (SSSR count). The molecule has 2 fully saturated rings. The van der Waals surface area contributed by atoms with E-state index in [0.29, 0.717) is 37.1 Å². The van der Waals surface area contributed by atoms with Gasteiger partial charge in [0.2, 0.25) is 20.0 Å². The number of fused-ring (bicyclic) bond motifs is 4. The monoisotopic (exact) mass is 1350 g/mol. The van der Waals surface area contributed by atoms with Crippen LogP contribution >= 0.6 is 0 Å². The molecule has 2 spiro atoms. The Labute approximate surface area is 546 Å². The van der Waals surface area contributed by atoms with E-state index in [4.69, 9.17) is 9.47 Å². The van der Waals surface area contributed by atoms with Gasteiger partial charge in [-0.25, -0.2) is 25.4 Å². The largest absolute Gasteiger partial charge is 0.494 e. The van der Waals surface area contributed by atoms with Gasteiger partial charge in [-0.3, -0.25) is 29.2 Å². The number of allylic oxidation sites excluding steroid dienone is 1. The van der Waals surface area contributed by atoms with Crippen LogP contribution in [0.1, 0.15) is 168 Å². The summed E-state index contributed by atoms with van der Waals surface area (Å²) >= 11 is 0. The number of sulfonamides is 2. The second-order valence-corrected chi connectivity index (χ2v) is 29.5. The maximum absolute atomic E-state index is 13.8. The maximum atomic E-state index is 13.8. The molecule has 4 amide bonds. The number of benzene rings is 4. The minimum absolute atomic E-state index is 0.0125. The third-order valence-corrected chi connectivity index (χ3v) is 22.2. The van der Waals surface area contributed by atoms with Crippen LogP contribution in [0.5, 0.6) is 11.5 Å². The van der Waals surface area contributed by atoms with Gasteiger partial charge in [0.05, 0.1) is 35.8 Å². The van der Waals surface area contributed by atoms with E-state index in [2.05, 4.69) is 20.6 Å². The van der Waals surface area contributed by atoms with Crippen LogP contribution in [-0.4, -0.2) is 160 Å². The number of amides is 4. The van der Waals surface area contributed by atoms with Gasteiger partial charge in [0.15, 0.2) is 0 Å². The first-order valence-corrected chi connectivity index (χ1v) is 35.6. The van der Waals surface area contributed by atoms with Crippen molar-refractivity contribution in [3.05, 3.63) is 141 Å². The number of nitrogens with one attached hydrogen (secondary N) is 2. The number of aliphatic imine (C=N–C) groups is 2. The number of hydrogen-bond acceptors (Lipinski definition) is 12. The summed E-state index contributed by atoms with van der Waals surface area (Å²) in [4.78, 5) is 64.9. The van der Waals surface area contributed by atoms with Crippen LogP contribution in [0.4, 0.5) is 26.3 Å². The van der Waals surface area contributed by atoms with Crippen molar-refractivity contribution < 1.29 is 71.8 Å². The van der Waals surface area contributed by atoms with Gasteiger partial charge in [-0.05, 0) is 174 Å². The average molecular weight is 1350 g/mol. The van der Waals surface area contributed by atoms with Crippen LogP contribution < -0.4 is 20.1 Å². The molecule has 18 nitrogen and oxygen atoms in total. The molecule has 4 aromatic carbocycles. The summed E-state index contributed by atoms with van der Waals surface area (Å²) in [6, 6.07) is 17.4. The lowest BCUT2D eigenvalue weighted by Crippen LogP contribution is -2.50. The van der Waals surface area contributed by atoms with Crippen LogP contribution in [0.25, 0.3) is 0 Å². The molecule has 510 valence electrons. The molecule has 14 bridgehead atoms. The summed E-state index contributed by atoms with van der Waals surface area (Å²) < 4.78 is 150. The van der Waals surface area contributed by atoms with Crippen molar-refractivity contribution in [1.29, 1.82) is 0 Å². The number of ether oxygens (including phenoxy) is 2. The number of carbonyl (C=O) groups is 4. The van der Waals surface area contributed by atoms with Crippen LogP contribution in [0.2, 0.25) is 0 Å². The fourth-order valence-electron chi connectivity index (χ4n) is 12.6. The van der Waals surface area contributed by atoms with Crippen molar-refractivity contribution in [3.63, 3.8) is 0 Å². The van der Waals surface area contributed by atoms with Gasteiger partial charge in [0.1, 0.15) is 34.2 Å². The number of piperidine rings is 2. The van der Waals surface area contributed by atoms with Gasteiger partial charge in [-0.15, -0.1) is 0 Å². The van der Waals surface area contributed by atoms with Crippen molar-refractivity contribution in [1.82, 2.24) is 29.0 Å². The molecule has 10 heterocycles. The third kappa shape index (κ3) is 17.8. The van der Waals surface area contributed by atoms with Gasteiger partial charge < -0.3 is 29.9 Å². The van der Waals surface area contributed by atoms with E-state index < -0.39 is 66.4 Å². The Hall–Kier alpha value is -7.16. The fourth-order valence-corrected chi connectivity index (χ4v) is 15.6.